The molecule has 0 atom stereocenters. The summed E-state index contributed by atoms with van der Waals surface area (Å²) in [6, 6.07) is 11.8. The van der Waals surface area contributed by atoms with E-state index in [9.17, 15) is 14.0 Å². The molecule has 0 aliphatic carbocycles. The molecule has 2 heterocycles. The number of amides is 1. The summed E-state index contributed by atoms with van der Waals surface area (Å²) in [7, 11) is 0. The maximum absolute atomic E-state index is 14.2. The lowest BCUT2D eigenvalue weighted by Gasteiger charge is -2.16. The van der Waals surface area contributed by atoms with E-state index in [0.717, 1.165) is 17.4 Å². The molecule has 131 valence electrons. The molecule has 1 aliphatic heterocycles. The van der Waals surface area contributed by atoms with Gasteiger partial charge in [-0.25, -0.2) is 9.49 Å². The third-order valence-corrected chi connectivity index (χ3v) is 4.65. The van der Waals surface area contributed by atoms with Crippen molar-refractivity contribution in [3.63, 3.8) is 0 Å². The Bertz CT molecular complexity index is 1040. The van der Waals surface area contributed by atoms with Crippen LogP contribution in [0.3, 0.4) is 0 Å². The van der Waals surface area contributed by atoms with E-state index in [1.165, 1.54) is 6.07 Å². The molecular formula is C20H17FN3O2. The first kappa shape index (κ1) is 16.4. The van der Waals surface area contributed by atoms with Crippen molar-refractivity contribution < 1.29 is 9.18 Å². The van der Waals surface area contributed by atoms with Gasteiger partial charge >= 0.3 is 0 Å². The Hall–Kier alpha value is -3.02. The number of halogens is 1. The van der Waals surface area contributed by atoms with E-state index in [-0.39, 0.29) is 17.0 Å². The normalized spacial score (nSPS) is 14.1. The first-order chi connectivity index (χ1) is 12.6. The van der Waals surface area contributed by atoms with Crippen molar-refractivity contribution in [2.75, 3.05) is 13.1 Å². The van der Waals surface area contributed by atoms with Gasteiger partial charge in [-0.3, -0.25) is 9.59 Å². The highest BCUT2D eigenvalue weighted by Gasteiger charge is 2.22. The molecule has 1 N–H and O–H groups in total. The Morgan fingerprint density at radius 3 is 2.77 bits per heavy atom. The van der Waals surface area contributed by atoms with Crippen LogP contribution in [0.15, 0.2) is 47.3 Å². The van der Waals surface area contributed by atoms with Crippen molar-refractivity contribution in [1.29, 1.82) is 0 Å². The minimum absolute atomic E-state index is 0.0755. The van der Waals surface area contributed by atoms with Crippen molar-refractivity contribution in [1.82, 2.24) is 15.1 Å². The minimum Gasteiger partial charge on any atom is -0.338 e. The number of likely N-dealkylation sites (tertiary alicyclic amines) is 1. The second-order valence-corrected chi connectivity index (χ2v) is 6.36. The molecule has 1 amide bonds. The molecule has 2 aromatic carbocycles. The zero-order valence-corrected chi connectivity index (χ0v) is 14.0. The van der Waals surface area contributed by atoms with Gasteiger partial charge < -0.3 is 4.90 Å². The summed E-state index contributed by atoms with van der Waals surface area (Å²) in [5.41, 5.74) is 1.28. The number of nitrogens with one attached hydrogen (secondary N) is 1. The van der Waals surface area contributed by atoms with Crippen LogP contribution in [-0.4, -0.2) is 34.1 Å². The predicted octanol–water partition coefficient (Wildman–Crippen LogP) is 2.70. The second kappa shape index (κ2) is 6.71. The van der Waals surface area contributed by atoms with Crippen LogP contribution in [-0.2, 0) is 6.42 Å². The van der Waals surface area contributed by atoms with Crippen LogP contribution < -0.4 is 5.56 Å². The molecule has 26 heavy (non-hydrogen) atoms. The molecule has 4 rings (SSSR count). The maximum atomic E-state index is 14.2. The standard InChI is InChI=1S/C20H17FN3O2/c21-17-8-7-13(11-16(17)20(26)24-9-3-4-10-24)12-18-14-5-1-2-6-15(14)19(25)23-22-18/h1-3,5-8,11H,4,9-10,12H2,(H,23,25). The summed E-state index contributed by atoms with van der Waals surface area (Å²) in [5.74, 6) is -0.817. The summed E-state index contributed by atoms with van der Waals surface area (Å²) in [5, 5.41) is 7.95. The lowest BCUT2D eigenvalue weighted by atomic mass is 10.0. The van der Waals surface area contributed by atoms with E-state index in [0.29, 0.717) is 30.6 Å². The Morgan fingerprint density at radius 1 is 1.19 bits per heavy atom. The van der Waals surface area contributed by atoms with Crippen LogP contribution in [0.25, 0.3) is 10.8 Å². The number of aromatic nitrogens is 2. The van der Waals surface area contributed by atoms with E-state index >= 15 is 0 Å². The third kappa shape index (κ3) is 2.98. The van der Waals surface area contributed by atoms with Crippen LogP contribution in [0.2, 0.25) is 0 Å². The van der Waals surface area contributed by atoms with Gasteiger partial charge in [-0.2, -0.15) is 5.10 Å². The Labute approximate surface area is 149 Å². The molecule has 1 aliphatic rings. The number of fused-ring (bicyclic) bond motifs is 1. The molecule has 3 aromatic rings. The largest absolute Gasteiger partial charge is 0.338 e. The van der Waals surface area contributed by atoms with Crippen LogP contribution in [0.5, 0.6) is 0 Å². The highest BCUT2D eigenvalue weighted by Crippen LogP contribution is 2.20. The molecule has 1 saturated heterocycles. The van der Waals surface area contributed by atoms with E-state index in [1.54, 1.807) is 29.2 Å². The molecule has 5 nitrogen and oxygen atoms in total. The SMILES string of the molecule is O=C(c1cc(Cc2n[nH]c(=O)c3ccccc23)ccc1F)N1C[CH]CC1. The fourth-order valence-electron chi connectivity index (χ4n) is 3.29. The van der Waals surface area contributed by atoms with Crippen molar-refractivity contribution in [3.05, 3.63) is 81.9 Å². The molecule has 6 heteroatoms. The summed E-state index contributed by atoms with van der Waals surface area (Å²) in [6.45, 7) is 1.17. The maximum Gasteiger partial charge on any atom is 0.272 e. The number of benzene rings is 2. The fraction of sp³-hybridized carbons (Fsp3) is 0.200. The van der Waals surface area contributed by atoms with E-state index in [4.69, 9.17) is 0 Å². The summed E-state index contributed by atoms with van der Waals surface area (Å²) < 4.78 is 14.2. The van der Waals surface area contributed by atoms with Gasteiger partial charge in [0.2, 0.25) is 0 Å². The molecule has 1 radical (unpaired) electrons. The molecule has 0 unspecified atom stereocenters. The van der Waals surface area contributed by atoms with Crippen LogP contribution in [0.1, 0.15) is 28.0 Å². The number of nitrogens with zero attached hydrogens (tertiary/aromatic N) is 2. The zero-order valence-electron chi connectivity index (χ0n) is 14.0. The number of H-pyrrole nitrogens is 1. The first-order valence-corrected chi connectivity index (χ1v) is 8.49. The summed E-state index contributed by atoms with van der Waals surface area (Å²) in [4.78, 5) is 26.1. The summed E-state index contributed by atoms with van der Waals surface area (Å²) in [6.07, 6.45) is 3.24. The highest BCUT2D eigenvalue weighted by atomic mass is 19.1. The number of carbonyl (C=O) groups is 1. The van der Waals surface area contributed by atoms with Gasteiger partial charge in [0.05, 0.1) is 16.6 Å². The fourth-order valence-corrected chi connectivity index (χ4v) is 3.29. The average molecular weight is 350 g/mol. The number of hydrogen-bond acceptors (Lipinski definition) is 3. The third-order valence-electron chi connectivity index (χ3n) is 4.65. The smallest absolute Gasteiger partial charge is 0.272 e. The molecular weight excluding hydrogens is 333 g/mol. The van der Waals surface area contributed by atoms with Crippen molar-refractivity contribution in [2.24, 2.45) is 0 Å². The Balaban J connectivity index is 1.69. The molecule has 0 saturated carbocycles. The second-order valence-electron chi connectivity index (χ2n) is 6.36. The van der Waals surface area contributed by atoms with Gasteiger partial charge in [0.15, 0.2) is 0 Å². The Kier molecular flexibility index (Phi) is 4.24. The van der Waals surface area contributed by atoms with Gasteiger partial charge in [-0.1, -0.05) is 24.3 Å². The van der Waals surface area contributed by atoms with Crippen molar-refractivity contribution >= 4 is 16.7 Å². The predicted molar refractivity (Wildman–Crippen MR) is 96.4 cm³/mol. The molecule has 0 spiro atoms. The van der Waals surface area contributed by atoms with Crippen molar-refractivity contribution in [2.45, 2.75) is 12.8 Å². The molecule has 1 fully saturated rings. The van der Waals surface area contributed by atoms with Gasteiger partial charge in [-0.05, 0) is 36.6 Å². The minimum atomic E-state index is -0.523. The zero-order chi connectivity index (χ0) is 18.1. The van der Waals surface area contributed by atoms with Crippen LogP contribution in [0, 0.1) is 12.2 Å². The van der Waals surface area contributed by atoms with Gasteiger partial charge in [-0.15, -0.1) is 0 Å². The quantitative estimate of drug-likeness (QED) is 0.790. The average Bonchev–Trinajstić information content (AvgIpc) is 3.20. The number of hydrogen-bond donors (Lipinski definition) is 1. The van der Waals surface area contributed by atoms with Crippen molar-refractivity contribution in [3.8, 4) is 0 Å². The molecule has 1 aromatic heterocycles. The van der Waals surface area contributed by atoms with Gasteiger partial charge in [0.1, 0.15) is 5.82 Å². The number of rotatable bonds is 3. The lowest BCUT2D eigenvalue weighted by molar-refractivity contribution is 0.0791. The molecule has 0 bridgehead atoms. The monoisotopic (exact) mass is 350 g/mol. The van der Waals surface area contributed by atoms with E-state index in [2.05, 4.69) is 10.2 Å². The van der Waals surface area contributed by atoms with Crippen LogP contribution >= 0.6 is 0 Å². The van der Waals surface area contributed by atoms with Gasteiger partial charge in [0, 0.05) is 24.9 Å². The van der Waals surface area contributed by atoms with Gasteiger partial charge in [0.25, 0.3) is 11.5 Å². The van der Waals surface area contributed by atoms with E-state index in [1.807, 2.05) is 18.6 Å². The Morgan fingerprint density at radius 2 is 2.00 bits per heavy atom. The van der Waals surface area contributed by atoms with E-state index < -0.39 is 5.82 Å². The number of carbonyl (C=O) groups excluding carboxylic acids is 1. The number of aromatic amines is 1. The topological polar surface area (TPSA) is 66.1 Å². The first-order valence-electron chi connectivity index (χ1n) is 8.49. The summed E-state index contributed by atoms with van der Waals surface area (Å²) >= 11 is 0. The van der Waals surface area contributed by atoms with Crippen LogP contribution in [0.4, 0.5) is 4.39 Å². The lowest BCUT2D eigenvalue weighted by Crippen LogP contribution is -2.28. The highest BCUT2D eigenvalue weighted by molar-refractivity contribution is 5.95.